The summed E-state index contributed by atoms with van der Waals surface area (Å²) in [7, 11) is 0. The Kier molecular flexibility index (Phi) is 1.56. The number of carbonyl (C=O) groups is 1. The molecule has 0 radical (unpaired) electrons. The number of benzene rings is 1. The van der Waals surface area contributed by atoms with Crippen molar-refractivity contribution in [3.63, 3.8) is 0 Å². The second-order valence-corrected chi connectivity index (χ2v) is 4.13. The van der Waals surface area contributed by atoms with Crippen LogP contribution in [0, 0.1) is 0 Å². The highest BCUT2D eigenvalue weighted by Crippen LogP contribution is 2.39. The number of amides is 1. The van der Waals surface area contributed by atoms with Crippen molar-refractivity contribution in [2.24, 2.45) is 5.73 Å². The Morgan fingerprint density at radius 2 is 1.93 bits per heavy atom. The van der Waals surface area contributed by atoms with Crippen LogP contribution in [-0.4, -0.2) is 22.9 Å². The van der Waals surface area contributed by atoms with Gasteiger partial charge in [-0.1, -0.05) is 24.8 Å². The summed E-state index contributed by atoms with van der Waals surface area (Å²) >= 11 is 0. The van der Waals surface area contributed by atoms with Gasteiger partial charge in [0, 0.05) is 22.9 Å². The fourth-order valence-electron chi connectivity index (χ4n) is 2.15. The SMILES string of the molecule is C=C1c2ccccc2C(=O)N1C1CC1N. The molecule has 3 heteroatoms. The fourth-order valence-corrected chi connectivity index (χ4v) is 2.15. The van der Waals surface area contributed by atoms with E-state index in [2.05, 4.69) is 6.58 Å². The Bertz CT molecular complexity index is 431. The normalized spacial score (nSPS) is 28.2. The van der Waals surface area contributed by atoms with E-state index in [1.807, 2.05) is 24.3 Å². The van der Waals surface area contributed by atoms with Gasteiger partial charge in [-0.3, -0.25) is 4.79 Å². The molecule has 3 nitrogen and oxygen atoms in total. The minimum absolute atomic E-state index is 0.0496. The molecular formula is C12H12N2O. The van der Waals surface area contributed by atoms with Gasteiger partial charge in [0.15, 0.2) is 0 Å². The Hall–Kier alpha value is -1.61. The number of nitrogens with two attached hydrogens (primary N) is 1. The maximum Gasteiger partial charge on any atom is 0.259 e. The van der Waals surface area contributed by atoms with Crippen molar-refractivity contribution in [1.82, 2.24) is 4.90 Å². The van der Waals surface area contributed by atoms with Gasteiger partial charge in [0.1, 0.15) is 0 Å². The zero-order valence-corrected chi connectivity index (χ0v) is 8.31. The second-order valence-electron chi connectivity index (χ2n) is 4.13. The van der Waals surface area contributed by atoms with Crippen LogP contribution in [0.25, 0.3) is 5.70 Å². The average molecular weight is 200 g/mol. The van der Waals surface area contributed by atoms with Crippen molar-refractivity contribution in [2.45, 2.75) is 18.5 Å². The van der Waals surface area contributed by atoms with E-state index in [-0.39, 0.29) is 18.0 Å². The maximum atomic E-state index is 12.0. The van der Waals surface area contributed by atoms with Gasteiger partial charge in [-0.15, -0.1) is 0 Å². The van der Waals surface area contributed by atoms with Gasteiger partial charge < -0.3 is 10.6 Å². The summed E-state index contributed by atoms with van der Waals surface area (Å²) in [5, 5.41) is 0. The summed E-state index contributed by atoms with van der Waals surface area (Å²) in [6, 6.07) is 7.87. The predicted molar refractivity (Wildman–Crippen MR) is 58.0 cm³/mol. The van der Waals surface area contributed by atoms with E-state index >= 15 is 0 Å². The molecule has 2 aliphatic rings. The first-order chi connectivity index (χ1) is 7.20. The van der Waals surface area contributed by atoms with E-state index in [1.54, 1.807) is 4.90 Å². The van der Waals surface area contributed by atoms with E-state index in [9.17, 15) is 4.79 Å². The molecule has 76 valence electrons. The monoisotopic (exact) mass is 200 g/mol. The van der Waals surface area contributed by atoms with Gasteiger partial charge in [0.2, 0.25) is 0 Å². The summed E-state index contributed by atoms with van der Waals surface area (Å²) in [4.78, 5) is 13.8. The quantitative estimate of drug-likeness (QED) is 0.740. The van der Waals surface area contributed by atoms with Gasteiger partial charge in [0.25, 0.3) is 5.91 Å². The molecule has 2 unspecified atom stereocenters. The highest BCUT2D eigenvalue weighted by Gasteiger charge is 2.46. The highest BCUT2D eigenvalue weighted by atomic mass is 16.2. The molecule has 15 heavy (non-hydrogen) atoms. The minimum atomic E-state index is 0.0496. The van der Waals surface area contributed by atoms with Crippen LogP contribution >= 0.6 is 0 Å². The second kappa shape index (κ2) is 2.70. The third kappa shape index (κ3) is 1.07. The predicted octanol–water partition coefficient (Wildman–Crippen LogP) is 1.21. The third-order valence-corrected chi connectivity index (χ3v) is 3.11. The van der Waals surface area contributed by atoms with Crippen LogP contribution in [0.2, 0.25) is 0 Å². The molecule has 0 saturated heterocycles. The summed E-state index contributed by atoms with van der Waals surface area (Å²) < 4.78 is 0. The lowest BCUT2D eigenvalue weighted by Gasteiger charge is -2.16. The van der Waals surface area contributed by atoms with Crippen molar-refractivity contribution in [1.29, 1.82) is 0 Å². The molecule has 0 spiro atoms. The number of hydrogen-bond donors (Lipinski definition) is 1. The van der Waals surface area contributed by atoms with Crippen LogP contribution in [0.3, 0.4) is 0 Å². The van der Waals surface area contributed by atoms with E-state index in [4.69, 9.17) is 5.73 Å². The summed E-state index contributed by atoms with van der Waals surface area (Å²) in [5.41, 5.74) is 8.27. The number of rotatable bonds is 1. The van der Waals surface area contributed by atoms with Crippen LogP contribution in [-0.2, 0) is 0 Å². The zero-order valence-electron chi connectivity index (χ0n) is 8.31. The first kappa shape index (κ1) is 8.68. The molecule has 1 aliphatic carbocycles. The van der Waals surface area contributed by atoms with E-state index in [0.29, 0.717) is 0 Å². The standard InChI is InChI=1S/C12H12N2O/c1-7-8-4-2-3-5-9(8)12(15)14(7)11-6-10(11)13/h2-5,10-11H,1,6,13H2. The molecule has 0 bridgehead atoms. The maximum absolute atomic E-state index is 12.0. The van der Waals surface area contributed by atoms with Gasteiger partial charge in [-0.05, 0) is 12.5 Å². The number of hydrogen-bond acceptors (Lipinski definition) is 2. The van der Waals surface area contributed by atoms with Crippen molar-refractivity contribution >= 4 is 11.6 Å². The lowest BCUT2D eigenvalue weighted by molar-refractivity contribution is 0.0841. The molecule has 1 heterocycles. The molecule has 1 aliphatic heterocycles. The van der Waals surface area contributed by atoms with Crippen LogP contribution in [0.4, 0.5) is 0 Å². The molecule has 1 aromatic rings. The number of nitrogens with zero attached hydrogens (tertiary/aromatic N) is 1. The third-order valence-electron chi connectivity index (χ3n) is 3.11. The zero-order chi connectivity index (χ0) is 10.6. The molecular weight excluding hydrogens is 188 g/mol. The van der Waals surface area contributed by atoms with E-state index in [1.165, 1.54) is 0 Å². The Labute approximate surface area is 88.2 Å². The number of carbonyl (C=O) groups excluding carboxylic acids is 1. The number of fused-ring (bicyclic) bond motifs is 1. The van der Waals surface area contributed by atoms with Gasteiger partial charge in [-0.25, -0.2) is 0 Å². The summed E-state index contributed by atoms with van der Waals surface area (Å²) in [6.45, 7) is 3.97. The lowest BCUT2D eigenvalue weighted by atomic mass is 10.1. The molecule has 1 amide bonds. The Morgan fingerprint density at radius 3 is 2.47 bits per heavy atom. The van der Waals surface area contributed by atoms with Crippen molar-refractivity contribution in [3.8, 4) is 0 Å². The Morgan fingerprint density at radius 1 is 1.33 bits per heavy atom. The van der Waals surface area contributed by atoms with Crippen molar-refractivity contribution < 1.29 is 4.79 Å². The first-order valence-electron chi connectivity index (χ1n) is 5.07. The van der Waals surface area contributed by atoms with Crippen LogP contribution in [0.1, 0.15) is 22.3 Å². The fraction of sp³-hybridized carbons (Fsp3) is 0.250. The van der Waals surface area contributed by atoms with Crippen LogP contribution in [0.15, 0.2) is 30.8 Å². The minimum Gasteiger partial charge on any atom is -0.326 e. The van der Waals surface area contributed by atoms with Gasteiger partial charge in [0.05, 0.1) is 6.04 Å². The topological polar surface area (TPSA) is 46.3 Å². The molecule has 2 atom stereocenters. The van der Waals surface area contributed by atoms with Crippen LogP contribution in [0.5, 0.6) is 0 Å². The molecule has 0 aromatic heterocycles. The van der Waals surface area contributed by atoms with Gasteiger partial charge >= 0.3 is 0 Å². The molecule has 1 saturated carbocycles. The highest BCUT2D eigenvalue weighted by molar-refractivity contribution is 6.09. The average Bonchev–Trinajstić information content (AvgIpc) is 2.89. The first-order valence-corrected chi connectivity index (χ1v) is 5.07. The van der Waals surface area contributed by atoms with Gasteiger partial charge in [-0.2, -0.15) is 0 Å². The molecule has 3 rings (SSSR count). The largest absolute Gasteiger partial charge is 0.326 e. The van der Waals surface area contributed by atoms with E-state index < -0.39 is 0 Å². The summed E-state index contributed by atoms with van der Waals surface area (Å²) in [6.07, 6.45) is 0.888. The van der Waals surface area contributed by atoms with Crippen molar-refractivity contribution in [2.75, 3.05) is 0 Å². The van der Waals surface area contributed by atoms with Crippen molar-refractivity contribution in [3.05, 3.63) is 42.0 Å². The molecule has 1 aromatic carbocycles. The lowest BCUT2D eigenvalue weighted by Crippen LogP contribution is -2.29. The smallest absolute Gasteiger partial charge is 0.259 e. The van der Waals surface area contributed by atoms with E-state index in [0.717, 1.165) is 23.2 Å². The molecule has 2 N–H and O–H groups in total. The molecule has 1 fully saturated rings. The van der Waals surface area contributed by atoms with Crippen LogP contribution < -0.4 is 5.73 Å². The Balaban J connectivity index is 2.05. The summed E-state index contributed by atoms with van der Waals surface area (Å²) in [5.74, 6) is 0.0496.